The molecule has 1 N–H and O–H groups in total. The number of aliphatic hydroxyl groups is 1. The lowest BCUT2D eigenvalue weighted by Gasteiger charge is -2.27. The third kappa shape index (κ3) is 1.54. The third-order valence-electron chi connectivity index (χ3n) is 4.32. The summed E-state index contributed by atoms with van der Waals surface area (Å²) in [6.07, 6.45) is 6.90. The minimum absolute atomic E-state index is 0.260. The lowest BCUT2D eigenvalue weighted by molar-refractivity contribution is 0.0713. The summed E-state index contributed by atoms with van der Waals surface area (Å²) in [7, 11) is 0. The zero-order chi connectivity index (χ0) is 11.1. The zero-order valence-corrected chi connectivity index (χ0v) is 9.14. The van der Waals surface area contributed by atoms with Crippen LogP contribution in [0, 0.1) is 23.6 Å². The number of hydrogen-bond acceptors (Lipinski definition) is 2. The molecule has 0 aromatic carbocycles. The molecular weight excluding hydrogens is 205 g/mol. The topological polar surface area (TPSA) is 33.1 Å². The molecule has 2 aliphatic rings. The maximum absolute atomic E-state index is 13.5. The molecule has 2 bridgehead atoms. The Bertz CT molecular complexity index is 395. The number of fused-ring (bicyclic) bond motifs is 2. The Morgan fingerprint density at radius 2 is 2.25 bits per heavy atom. The minimum Gasteiger partial charge on any atom is -0.388 e. The van der Waals surface area contributed by atoms with Gasteiger partial charge in [-0.3, -0.25) is 4.98 Å². The van der Waals surface area contributed by atoms with E-state index in [2.05, 4.69) is 4.98 Å². The molecule has 16 heavy (non-hydrogen) atoms. The first-order chi connectivity index (χ1) is 7.75. The number of hydrogen-bond donors (Lipinski definition) is 1. The van der Waals surface area contributed by atoms with Crippen molar-refractivity contribution in [3.8, 4) is 0 Å². The molecule has 0 aliphatic heterocycles. The fourth-order valence-electron chi connectivity index (χ4n) is 3.54. The molecule has 2 fully saturated rings. The van der Waals surface area contributed by atoms with Gasteiger partial charge < -0.3 is 5.11 Å². The molecule has 4 unspecified atom stereocenters. The Balaban J connectivity index is 1.83. The molecule has 1 aromatic rings. The highest BCUT2D eigenvalue weighted by molar-refractivity contribution is 5.17. The molecule has 2 saturated carbocycles. The largest absolute Gasteiger partial charge is 0.388 e. The molecule has 1 aromatic heterocycles. The monoisotopic (exact) mass is 221 g/mol. The number of pyridine rings is 1. The van der Waals surface area contributed by atoms with Crippen molar-refractivity contribution < 1.29 is 9.50 Å². The van der Waals surface area contributed by atoms with E-state index in [0.717, 1.165) is 12.3 Å². The Hall–Kier alpha value is -0.960. The van der Waals surface area contributed by atoms with Crippen LogP contribution >= 0.6 is 0 Å². The lowest BCUT2D eigenvalue weighted by atomic mass is 9.82. The van der Waals surface area contributed by atoms with Crippen LogP contribution in [0.4, 0.5) is 4.39 Å². The average Bonchev–Trinajstić information content (AvgIpc) is 2.90. The first kappa shape index (κ1) is 10.2. The van der Waals surface area contributed by atoms with Crippen molar-refractivity contribution >= 4 is 0 Å². The van der Waals surface area contributed by atoms with Crippen molar-refractivity contribution in [2.45, 2.75) is 31.8 Å². The third-order valence-corrected chi connectivity index (χ3v) is 4.32. The van der Waals surface area contributed by atoms with E-state index < -0.39 is 6.10 Å². The Morgan fingerprint density at radius 1 is 1.38 bits per heavy atom. The molecule has 2 nitrogen and oxygen atoms in total. The number of rotatable bonds is 2. The van der Waals surface area contributed by atoms with Gasteiger partial charge >= 0.3 is 0 Å². The molecule has 0 saturated heterocycles. The van der Waals surface area contributed by atoms with E-state index in [1.54, 1.807) is 12.3 Å². The van der Waals surface area contributed by atoms with Crippen molar-refractivity contribution in [3.63, 3.8) is 0 Å². The van der Waals surface area contributed by atoms with Crippen molar-refractivity contribution in [1.29, 1.82) is 0 Å². The first-order valence-electron chi connectivity index (χ1n) is 6.03. The summed E-state index contributed by atoms with van der Waals surface area (Å²) >= 11 is 0. The maximum Gasteiger partial charge on any atom is 0.147 e. The highest BCUT2D eigenvalue weighted by atomic mass is 19.1. The van der Waals surface area contributed by atoms with Crippen LogP contribution in [0.25, 0.3) is 0 Å². The Morgan fingerprint density at radius 3 is 2.88 bits per heavy atom. The van der Waals surface area contributed by atoms with Crippen LogP contribution in [0.1, 0.15) is 37.4 Å². The Labute approximate surface area is 94.5 Å². The summed E-state index contributed by atoms with van der Waals surface area (Å²) in [5, 5.41) is 10.3. The average molecular weight is 221 g/mol. The van der Waals surface area contributed by atoms with Gasteiger partial charge in [0.05, 0.1) is 12.3 Å². The number of aromatic nitrogens is 1. The van der Waals surface area contributed by atoms with Gasteiger partial charge in [-0.15, -0.1) is 0 Å². The van der Waals surface area contributed by atoms with Crippen molar-refractivity contribution in [1.82, 2.24) is 4.98 Å². The molecule has 3 heteroatoms. The molecule has 0 radical (unpaired) electrons. The molecule has 4 atom stereocenters. The SMILES string of the molecule is OC(c1ccncc1F)C1CC2CCC1C2. The molecule has 0 amide bonds. The van der Waals surface area contributed by atoms with E-state index in [4.69, 9.17) is 0 Å². The zero-order valence-electron chi connectivity index (χ0n) is 9.14. The molecule has 2 aliphatic carbocycles. The molecule has 86 valence electrons. The quantitative estimate of drug-likeness (QED) is 0.833. The molecule has 0 spiro atoms. The maximum atomic E-state index is 13.5. The van der Waals surface area contributed by atoms with Crippen LogP contribution in [-0.2, 0) is 0 Å². The van der Waals surface area contributed by atoms with E-state index in [1.165, 1.54) is 25.5 Å². The van der Waals surface area contributed by atoms with E-state index >= 15 is 0 Å². The van der Waals surface area contributed by atoms with Gasteiger partial charge in [0.2, 0.25) is 0 Å². The highest BCUT2D eigenvalue weighted by Crippen LogP contribution is 2.52. The van der Waals surface area contributed by atoms with E-state index in [1.807, 2.05) is 0 Å². The number of nitrogens with zero attached hydrogens (tertiary/aromatic N) is 1. The van der Waals surface area contributed by atoms with Crippen LogP contribution in [0.5, 0.6) is 0 Å². The fourth-order valence-corrected chi connectivity index (χ4v) is 3.54. The summed E-state index contributed by atoms with van der Waals surface area (Å²) < 4.78 is 13.5. The van der Waals surface area contributed by atoms with Gasteiger partial charge in [0.25, 0.3) is 0 Å². The summed E-state index contributed by atoms with van der Waals surface area (Å²) in [5.41, 5.74) is 0.424. The number of halogens is 1. The summed E-state index contributed by atoms with van der Waals surface area (Å²) in [4.78, 5) is 3.72. The standard InChI is InChI=1S/C13H16FNO/c14-12-7-15-4-3-10(12)13(16)11-6-8-1-2-9(11)5-8/h3-4,7-9,11,13,16H,1-2,5-6H2. The van der Waals surface area contributed by atoms with Crippen LogP contribution < -0.4 is 0 Å². The van der Waals surface area contributed by atoms with Gasteiger partial charge in [-0.05, 0) is 43.1 Å². The van der Waals surface area contributed by atoms with E-state index in [9.17, 15) is 9.50 Å². The predicted molar refractivity (Wildman–Crippen MR) is 58.1 cm³/mol. The molecule has 3 rings (SSSR count). The second kappa shape index (κ2) is 3.81. The van der Waals surface area contributed by atoms with Crippen molar-refractivity contribution in [2.24, 2.45) is 17.8 Å². The highest BCUT2D eigenvalue weighted by Gasteiger charge is 2.43. The second-order valence-electron chi connectivity index (χ2n) is 5.18. The fraction of sp³-hybridized carbons (Fsp3) is 0.615. The normalized spacial score (nSPS) is 34.2. The van der Waals surface area contributed by atoms with Gasteiger partial charge in [-0.25, -0.2) is 4.39 Å². The lowest BCUT2D eigenvalue weighted by Crippen LogP contribution is -2.20. The van der Waals surface area contributed by atoms with E-state index in [0.29, 0.717) is 11.5 Å². The summed E-state index contributed by atoms with van der Waals surface area (Å²) in [6, 6.07) is 1.60. The molecule has 1 heterocycles. The minimum atomic E-state index is -0.640. The summed E-state index contributed by atoms with van der Waals surface area (Å²) in [5.74, 6) is 1.26. The van der Waals surface area contributed by atoms with Crippen LogP contribution in [0.2, 0.25) is 0 Å². The smallest absolute Gasteiger partial charge is 0.147 e. The number of aliphatic hydroxyl groups excluding tert-OH is 1. The van der Waals surface area contributed by atoms with Gasteiger partial charge in [0.15, 0.2) is 0 Å². The summed E-state index contributed by atoms with van der Waals surface area (Å²) in [6.45, 7) is 0. The van der Waals surface area contributed by atoms with Gasteiger partial charge in [0.1, 0.15) is 5.82 Å². The first-order valence-corrected chi connectivity index (χ1v) is 6.03. The van der Waals surface area contributed by atoms with Crippen LogP contribution in [0.3, 0.4) is 0 Å². The predicted octanol–water partition coefficient (Wildman–Crippen LogP) is 2.69. The van der Waals surface area contributed by atoms with Gasteiger partial charge in [0, 0.05) is 11.8 Å². The van der Waals surface area contributed by atoms with Gasteiger partial charge in [-0.1, -0.05) is 6.42 Å². The van der Waals surface area contributed by atoms with Crippen LogP contribution in [-0.4, -0.2) is 10.1 Å². The molecular formula is C13H16FNO. The van der Waals surface area contributed by atoms with E-state index in [-0.39, 0.29) is 11.7 Å². The van der Waals surface area contributed by atoms with Crippen molar-refractivity contribution in [2.75, 3.05) is 0 Å². The van der Waals surface area contributed by atoms with Gasteiger partial charge in [-0.2, -0.15) is 0 Å². The van der Waals surface area contributed by atoms with Crippen LogP contribution in [0.15, 0.2) is 18.5 Å². The van der Waals surface area contributed by atoms with Crippen molar-refractivity contribution in [3.05, 3.63) is 29.8 Å². The Kier molecular flexibility index (Phi) is 2.43. The second-order valence-corrected chi connectivity index (χ2v) is 5.18.